The van der Waals surface area contributed by atoms with Crippen LogP contribution < -0.4 is 5.32 Å². The molecule has 106 valence electrons. The summed E-state index contributed by atoms with van der Waals surface area (Å²) in [7, 11) is 0. The summed E-state index contributed by atoms with van der Waals surface area (Å²) < 4.78 is 0. The van der Waals surface area contributed by atoms with Crippen LogP contribution in [0, 0.1) is 0 Å². The molecule has 0 aliphatic heterocycles. The first-order valence-corrected chi connectivity index (χ1v) is 6.06. The Morgan fingerprint density at radius 2 is 2.16 bits per heavy atom. The van der Waals surface area contributed by atoms with Crippen molar-refractivity contribution in [3.63, 3.8) is 0 Å². The standard InChI is InChI=1S/C11H19N5O3/c1-7(2)16(5-4-9(17)18)11(19)14-8(3)10-12-6-13-15-10/h6-8H,4-5H2,1-3H3,(H,14,19)(H,17,18)(H,12,13,15). The zero-order chi connectivity index (χ0) is 14.4. The maximum Gasteiger partial charge on any atom is 0.318 e. The number of nitrogens with one attached hydrogen (secondary N) is 2. The first kappa shape index (κ1) is 14.9. The summed E-state index contributed by atoms with van der Waals surface area (Å²) in [6, 6.07) is -0.720. The third-order valence-electron chi connectivity index (χ3n) is 2.63. The van der Waals surface area contributed by atoms with Crippen LogP contribution in [0.25, 0.3) is 0 Å². The van der Waals surface area contributed by atoms with Gasteiger partial charge in [-0.25, -0.2) is 9.78 Å². The summed E-state index contributed by atoms with van der Waals surface area (Å²) in [5, 5.41) is 17.8. The number of carbonyl (C=O) groups is 2. The summed E-state index contributed by atoms with van der Waals surface area (Å²) in [5.41, 5.74) is 0. The molecule has 0 radical (unpaired) electrons. The minimum atomic E-state index is -0.929. The summed E-state index contributed by atoms with van der Waals surface area (Å²) in [6.07, 6.45) is 1.28. The Hall–Kier alpha value is -2.12. The molecule has 0 saturated carbocycles. The molecule has 1 aromatic heterocycles. The van der Waals surface area contributed by atoms with Crippen LogP contribution in [0.2, 0.25) is 0 Å². The van der Waals surface area contributed by atoms with Crippen molar-refractivity contribution >= 4 is 12.0 Å². The molecule has 0 aliphatic rings. The quantitative estimate of drug-likeness (QED) is 0.706. The molecule has 0 saturated heterocycles. The monoisotopic (exact) mass is 269 g/mol. The number of nitrogens with zero attached hydrogens (tertiary/aromatic N) is 3. The maximum atomic E-state index is 12.1. The molecule has 0 fully saturated rings. The fraction of sp³-hybridized carbons (Fsp3) is 0.636. The number of hydrogen-bond acceptors (Lipinski definition) is 4. The molecule has 1 atom stereocenters. The fourth-order valence-electron chi connectivity index (χ4n) is 1.57. The molecular weight excluding hydrogens is 250 g/mol. The first-order chi connectivity index (χ1) is 8.91. The molecule has 3 N–H and O–H groups in total. The zero-order valence-corrected chi connectivity index (χ0v) is 11.3. The van der Waals surface area contributed by atoms with Gasteiger partial charge in [0.1, 0.15) is 12.2 Å². The van der Waals surface area contributed by atoms with Crippen molar-refractivity contribution in [3.05, 3.63) is 12.2 Å². The van der Waals surface area contributed by atoms with Gasteiger partial charge in [0.2, 0.25) is 0 Å². The fourth-order valence-corrected chi connectivity index (χ4v) is 1.57. The summed E-state index contributed by atoms with van der Waals surface area (Å²) in [5.74, 6) is -0.378. The van der Waals surface area contributed by atoms with Gasteiger partial charge in [0, 0.05) is 12.6 Å². The number of H-pyrrole nitrogens is 1. The highest BCUT2D eigenvalue weighted by molar-refractivity contribution is 5.76. The van der Waals surface area contributed by atoms with Crippen LogP contribution >= 0.6 is 0 Å². The molecule has 8 heteroatoms. The molecule has 1 heterocycles. The molecule has 0 spiro atoms. The normalized spacial score (nSPS) is 12.2. The number of hydrogen-bond donors (Lipinski definition) is 3. The highest BCUT2D eigenvalue weighted by Crippen LogP contribution is 2.07. The summed E-state index contributed by atoms with van der Waals surface area (Å²) in [6.45, 7) is 5.61. The second kappa shape index (κ2) is 6.72. The average Bonchev–Trinajstić information content (AvgIpc) is 2.81. The molecule has 1 aromatic rings. The van der Waals surface area contributed by atoms with Crippen LogP contribution in [-0.2, 0) is 4.79 Å². The minimum Gasteiger partial charge on any atom is -0.481 e. The molecule has 1 unspecified atom stereocenters. The number of aromatic amines is 1. The van der Waals surface area contributed by atoms with Crippen LogP contribution in [-0.4, -0.2) is 49.8 Å². The number of urea groups is 1. The van der Waals surface area contributed by atoms with Crippen molar-refractivity contribution in [1.29, 1.82) is 0 Å². The van der Waals surface area contributed by atoms with E-state index >= 15 is 0 Å². The third-order valence-corrected chi connectivity index (χ3v) is 2.63. The maximum absolute atomic E-state index is 12.1. The Bertz CT molecular complexity index is 418. The molecule has 0 aromatic carbocycles. The van der Waals surface area contributed by atoms with E-state index in [9.17, 15) is 9.59 Å². The van der Waals surface area contributed by atoms with Crippen LogP contribution in [0.1, 0.15) is 39.1 Å². The number of aliphatic carboxylic acids is 1. The Kier molecular flexibility index (Phi) is 5.28. The van der Waals surface area contributed by atoms with Crippen LogP contribution in [0.5, 0.6) is 0 Å². The predicted molar refractivity (Wildman–Crippen MR) is 67.4 cm³/mol. The van der Waals surface area contributed by atoms with E-state index in [1.807, 2.05) is 13.8 Å². The van der Waals surface area contributed by atoms with E-state index in [2.05, 4.69) is 20.5 Å². The van der Waals surface area contributed by atoms with Gasteiger partial charge in [-0.05, 0) is 20.8 Å². The van der Waals surface area contributed by atoms with Gasteiger partial charge in [-0.2, -0.15) is 5.10 Å². The van der Waals surface area contributed by atoms with Gasteiger partial charge in [0.15, 0.2) is 0 Å². The van der Waals surface area contributed by atoms with Crippen molar-refractivity contribution in [3.8, 4) is 0 Å². The largest absolute Gasteiger partial charge is 0.481 e. The SMILES string of the molecule is CC(NC(=O)N(CCC(=O)O)C(C)C)c1ncn[nH]1. The Morgan fingerprint density at radius 3 is 2.63 bits per heavy atom. The van der Waals surface area contributed by atoms with E-state index in [0.717, 1.165) is 0 Å². The van der Waals surface area contributed by atoms with Crippen LogP contribution in [0.15, 0.2) is 6.33 Å². The van der Waals surface area contributed by atoms with Crippen molar-refractivity contribution in [2.45, 2.75) is 39.3 Å². The van der Waals surface area contributed by atoms with Gasteiger partial charge >= 0.3 is 12.0 Å². The van der Waals surface area contributed by atoms with Crippen molar-refractivity contribution in [1.82, 2.24) is 25.4 Å². The van der Waals surface area contributed by atoms with Crippen LogP contribution in [0.3, 0.4) is 0 Å². The highest BCUT2D eigenvalue weighted by atomic mass is 16.4. The molecule has 0 bridgehead atoms. The smallest absolute Gasteiger partial charge is 0.318 e. The lowest BCUT2D eigenvalue weighted by molar-refractivity contribution is -0.137. The Morgan fingerprint density at radius 1 is 1.47 bits per heavy atom. The van der Waals surface area contributed by atoms with E-state index in [1.54, 1.807) is 6.92 Å². The second-order valence-electron chi connectivity index (χ2n) is 4.47. The number of carbonyl (C=O) groups excluding carboxylic acids is 1. The van der Waals surface area contributed by atoms with Crippen molar-refractivity contribution in [2.75, 3.05) is 6.54 Å². The minimum absolute atomic E-state index is 0.0811. The van der Waals surface area contributed by atoms with Crippen LogP contribution in [0.4, 0.5) is 4.79 Å². The van der Waals surface area contributed by atoms with Gasteiger partial charge in [-0.3, -0.25) is 9.89 Å². The molecule has 2 amide bonds. The topological polar surface area (TPSA) is 111 Å². The second-order valence-corrected chi connectivity index (χ2v) is 4.47. The first-order valence-electron chi connectivity index (χ1n) is 6.06. The molecule has 0 aliphatic carbocycles. The predicted octanol–water partition coefficient (Wildman–Crippen LogP) is 0.760. The van der Waals surface area contributed by atoms with Crippen molar-refractivity contribution in [2.24, 2.45) is 0 Å². The third kappa shape index (κ3) is 4.57. The Labute approximate surface area is 111 Å². The zero-order valence-electron chi connectivity index (χ0n) is 11.3. The molecule has 19 heavy (non-hydrogen) atoms. The molecule has 8 nitrogen and oxygen atoms in total. The highest BCUT2D eigenvalue weighted by Gasteiger charge is 2.20. The molecule has 1 rings (SSSR count). The Balaban J connectivity index is 2.59. The number of amides is 2. The molecular formula is C11H19N5O3. The van der Waals surface area contributed by atoms with E-state index in [-0.39, 0.29) is 31.1 Å². The van der Waals surface area contributed by atoms with E-state index < -0.39 is 5.97 Å². The summed E-state index contributed by atoms with van der Waals surface area (Å²) >= 11 is 0. The van der Waals surface area contributed by atoms with Gasteiger partial charge in [-0.1, -0.05) is 0 Å². The van der Waals surface area contributed by atoms with Gasteiger partial charge in [-0.15, -0.1) is 0 Å². The number of rotatable bonds is 6. The van der Waals surface area contributed by atoms with Crippen molar-refractivity contribution < 1.29 is 14.7 Å². The lowest BCUT2D eigenvalue weighted by atomic mass is 10.3. The van der Waals surface area contributed by atoms with Gasteiger partial charge in [0.05, 0.1) is 12.5 Å². The number of carboxylic acid groups (broad SMARTS) is 1. The lowest BCUT2D eigenvalue weighted by Gasteiger charge is -2.27. The van der Waals surface area contributed by atoms with E-state index in [4.69, 9.17) is 5.11 Å². The summed E-state index contributed by atoms with van der Waals surface area (Å²) in [4.78, 5) is 28.1. The number of carboxylic acids is 1. The van der Waals surface area contributed by atoms with Gasteiger partial charge in [0.25, 0.3) is 0 Å². The lowest BCUT2D eigenvalue weighted by Crippen LogP contribution is -2.45. The average molecular weight is 269 g/mol. The van der Waals surface area contributed by atoms with E-state index in [0.29, 0.717) is 5.82 Å². The number of aromatic nitrogens is 3. The van der Waals surface area contributed by atoms with Gasteiger partial charge < -0.3 is 15.3 Å². The van der Waals surface area contributed by atoms with E-state index in [1.165, 1.54) is 11.2 Å².